The topological polar surface area (TPSA) is 84.7 Å². The van der Waals surface area contributed by atoms with E-state index in [1.54, 1.807) is 4.68 Å². The Balaban J connectivity index is 1.14. The van der Waals surface area contributed by atoms with Gasteiger partial charge in [0.15, 0.2) is 0 Å². The fourth-order valence-electron chi connectivity index (χ4n) is 4.46. The molecule has 2 unspecified atom stereocenters. The minimum absolute atomic E-state index is 0.0226. The summed E-state index contributed by atoms with van der Waals surface area (Å²) in [4.78, 5) is 17.4. The Hall–Kier alpha value is -4.00. The molecule has 0 saturated heterocycles. The molecule has 4 aromatic rings. The normalized spacial score (nSPS) is 18.8. The average molecular weight is 465 g/mol. The van der Waals surface area contributed by atoms with Crippen molar-refractivity contribution in [2.45, 2.75) is 32.1 Å². The van der Waals surface area contributed by atoms with Crippen LogP contribution >= 0.6 is 0 Å². The van der Waals surface area contributed by atoms with Crippen molar-refractivity contribution in [3.8, 4) is 16.9 Å². The van der Waals surface area contributed by atoms with Gasteiger partial charge in [0.25, 0.3) is 0 Å². The Bertz CT molecular complexity index is 1340. The molecule has 2 aromatic heterocycles. The number of nitrogens with zero attached hydrogens (tertiary/aromatic N) is 4. The molecule has 2 fully saturated rings. The van der Waals surface area contributed by atoms with Crippen LogP contribution < -0.4 is 10.6 Å². The minimum Gasteiger partial charge on any atom is -0.370 e. The van der Waals surface area contributed by atoms with Crippen LogP contribution in [0.1, 0.15) is 36.3 Å². The summed E-state index contributed by atoms with van der Waals surface area (Å²) in [5, 5.41) is 15.2. The molecule has 2 heterocycles. The summed E-state index contributed by atoms with van der Waals surface area (Å²) in [5.41, 5.74) is 5.59. The number of hydrogen-bond donors (Lipinski definition) is 2. The molecule has 1 amide bonds. The lowest BCUT2D eigenvalue weighted by molar-refractivity contribution is -0.117. The maximum absolute atomic E-state index is 12.8. The van der Waals surface area contributed by atoms with Crippen LogP contribution in [0.5, 0.6) is 0 Å². The number of aromatic nitrogens is 4. The number of rotatable bonds is 8. The number of anilines is 2. The third-order valence-corrected chi connectivity index (χ3v) is 6.90. The average Bonchev–Trinajstić information content (AvgIpc) is 3.82. The Morgan fingerprint density at radius 2 is 1.94 bits per heavy atom. The minimum atomic E-state index is 0.0226. The van der Waals surface area contributed by atoms with Gasteiger partial charge in [-0.25, -0.2) is 9.67 Å². The summed E-state index contributed by atoms with van der Waals surface area (Å²) in [6.45, 7) is 3.01. The van der Waals surface area contributed by atoms with Crippen LogP contribution in [-0.2, 0) is 4.79 Å². The molecular weight excluding hydrogens is 436 g/mol. The number of benzene rings is 2. The van der Waals surface area contributed by atoms with Crippen LogP contribution in [0.2, 0.25) is 0 Å². The zero-order valence-corrected chi connectivity index (χ0v) is 19.7. The van der Waals surface area contributed by atoms with Gasteiger partial charge in [0.05, 0.1) is 11.9 Å². The lowest BCUT2D eigenvalue weighted by Gasteiger charge is -2.10. The fourth-order valence-corrected chi connectivity index (χ4v) is 4.46. The molecule has 35 heavy (non-hydrogen) atoms. The third kappa shape index (κ3) is 4.80. The largest absolute Gasteiger partial charge is 0.370 e. The molecule has 176 valence electrons. The first-order valence-electron chi connectivity index (χ1n) is 12.2. The van der Waals surface area contributed by atoms with Crippen LogP contribution in [0.4, 0.5) is 11.5 Å². The van der Waals surface area contributed by atoms with Gasteiger partial charge in [-0.2, -0.15) is 0 Å². The highest BCUT2D eigenvalue weighted by molar-refractivity contribution is 5.95. The van der Waals surface area contributed by atoms with Crippen molar-refractivity contribution in [1.82, 2.24) is 20.0 Å². The Morgan fingerprint density at radius 3 is 2.71 bits per heavy atom. The van der Waals surface area contributed by atoms with Gasteiger partial charge >= 0.3 is 0 Å². The molecule has 0 spiro atoms. The lowest BCUT2D eigenvalue weighted by Crippen LogP contribution is -2.15. The van der Waals surface area contributed by atoms with Crippen LogP contribution in [0.15, 0.2) is 73.1 Å². The maximum Gasteiger partial charge on any atom is 0.228 e. The van der Waals surface area contributed by atoms with E-state index in [0.717, 1.165) is 52.9 Å². The van der Waals surface area contributed by atoms with E-state index >= 15 is 0 Å². The van der Waals surface area contributed by atoms with Gasteiger partial charge in [-0.1, -0.05) is 41.6 Å². The first-order valence-corrected chi connectivity index (χ1v) is 12.2. The summed E-state index contributed by atoms with van der Waals surface area (Å²) < 4.78 is 1.75. The molecule has 2 atom stereocenters. The summed E-state index contributed by atoms with van der Waals surface area (Å²) in [6, 6.07) is 20.1. The van der Waals surface area contributed by atoms with Crippen molar-refractivity contribution in [2.75, 3.05) is 17.2 Å². The van der Waals surface area contributed by atoms with Gasteiger partial charge in [-0.15, -0.1) is 5.10 Å². The summed E-state index contributed by atoms with van der Waals surface area (Å²) in [7, 11) is 0. The number of nitrogens with one attached hydrogen (secondary N) is 2. The summed E-state index contributed by atoms with van der Waals surface area (Å²) in [5.74, 6) is 2.08. The Morgan fingerprint density at radius 1 is 1.09 bits per heavy atom. The second kappa shape index (κ2) is 8.98. The number of carbonyl (C=O) groups is 1. The smallest absolute Gasteiger partial charge is 0.228 e. The predicted octanol–water partition coefficient (Wildman–Crippen LogP) is 5.20. The van der Waals surface area contributed by atoms with E-state index in [2.05, 4.69) is 38.1 Å². The second-order valence-electron chi connectivity index (χ2n) is 9.65. The van der Waals surface area contributed by atoms with Gasteiger partial charge < -0.3 is 10.6 Å². The zero-order valence-electron chi connectivity index (χ0n) is 19.7. The van der Waals surface area contributed by atoms with E-state index in [0.29, 0.717) is 5.92 Å². The molecule has 2 aliphatic rings. The van der Waals surface area contributed by atoms with E-state index in [9.17, 15) is 4.79 Å². The molecular formula is C28H28N6O. The first kappa shape index (κ1) is 21.5. The van der Waals surface area contributed by atoms with Gasteiger partial charge in [-0.05, 0) is 73.4 Å². The molecule has 2 aromatic carbocycles. The quantitative estimate of drug-likeness (QED) is 0.374. The molecule has 0 aliphatic heterocycles. The van der Waals surface area contributed by atoms with E-state index < -0.39 is 0 Å². The summed E-state index contributed by atoms with van der Waals surface area (Å²) >= 11 is 0. The van der Waals surface area contributed by atoms with E-state index in [4.69, 9.17) is 0 Å². The Kier molecular flexibility index (Phi) is 5.52. The highest BCUT2D eigenvalue weighted by atomic mass is 16.2. The molecule has 0 bridgehead atoms. The third-order valence-electron chi connectivity index (χ3n) is 6.90. The molecule has 2 N–H and O–H groups in total. The van der Waals surface area contributed by atoms with Crippen molar-refractivity contribution < 1.29 is 4.79 Å². The number of pyridine rings is 1. The standard InChI is InChI=1S/C28H28N6O/c1-18-7-11-22(31-28(35)24-14-23(24)20-5-3-2-4-6-20)13-26(18)34-17-25(32-33-34)21-10-12-27(30-16-21)29-15-19-8-9-19/h2-7,10-13,16-17,19,23-24H,8-9,14-15H2,1H3,(H,29,30)(H,31,35). The fraction of sp³-hybridized carbons (Fsp3) is 0.286. The molecule has 2 saturated carbocycles. The van der Waals surface area contributed by atoms with E-state index in [1.807, 2.05) is 67.8 Å². The molecule has 7 nitrogen and oxygen atoms in total. The first-order chi connectivity index (χ1) is 17.1. The van der Waals surface area contributed by atoms with Crippen LogP contribution in [0.25, 0.3) is 16.9 Å². The van der Waals surface area contributed by atoms with E-state index in [-0.39, 0.29) is 11.8 Å². The van der Waals surface area contributed by atoms with Crippen molar-refractivity contribution in [2.24, 2.45) is 11.8 Å². The van der Waals surface area contributed by atoms with Crippen molar-refractivity contribution in [1.29, 1.82) is 0 Å². The predicted molar refractivity (Wildman–Crippen MR) is 136 cm³/mol. The molecule has 7 heteroatoms. The SMILES string of the molecule is Cc1ccc(NC(=O)C2CC2c2ccccc2)cc1-n1cc(-c2ccc(NCC3CC3)nc2)nn1. The number of amides is 1. The van der Waals surface area contributed by atoms with Gasteiger partial charge in [0.1, 0.15) is 11.5 Å². The Labute approximate surface area is 204 Å². The van der Waals surface area contributed by atoms with Crippen molar-refractivity contribution >= 4 is 17.4 Å². The zero-order chi connectivity index (χ0) is 23.8. The van der Waals surface area contributed by atoms with Gasteiger partial charge in [0.2, 0.25) is 5.91 Å². The van der Waals surface area contributed by atoms with Crippen LogP contribution in [0.3, 0.4) is 0 Å². The van der Waals surface area contributed by atoms with Gasteiger partial charge in [-0.3, -0.25) is 4.79 Å². The van der Waals surface area contributed by atoms with Crippen LogP contribution in [-0.4, -0.2) is 32.4 Å². The van der Waals surface area contributed by atoms with Crippen molar-refractivity contribution in [3.05, 3.63) is 84.2 Å². The number of aryl methyl sites for hydroxylation is 1. The number of hydrogen-bond acceptors (Lipinski definition) is 5. The van der Waals surface area contributed by atoms with Crippen LogP contribution in [0, 0.1) is 18.8 Å². The molecule has 0 radical (unpaired) electrons. The van der Waals surface area contributed by atoms with Gasteiger partial charge in [0, 0.05) is 29.9 Å². The monoisotopic (exact) mass is 464 g/mol. The second-order valence-corrected chi connectivity index (χ2v) is 9.65. The number of carbonyl (C=O) groups excluding carboxylic acids is 1. The maximum atomic E-state index is 12.8. The van der Waals surface area contributed by atoms with Crippen molar-refractivity contribution in [3.63, 3.8) is 0 Å². The van der Waals surface area contributed by atoms with E-state index in [1.165, 1.54) is 18.4 Å². The highest BCUT2D eigenvalue weighted by Gasteiger charge is 2.43. The highest BCUT2D eigenvalue weighted by Crippen LogP contribution is 2.47. The molecule has 6 rings (SSSR count). The lowest BCUT2D eigenvalue weighted by atomic mass is 10.1. The molecule has 2 aliphatic carbocycles. The summed E-state index contributed by atoms with van der Waals surface area (Å²) in [6.07, 6.45) is 7.24.